The van der Waals surface area contributed by atoms with E-state index in [-0.39, 0.29) is 16.6 Å². The third-order valence-electron chi connectivity index (χ3n) is 4.76. The number of amides is 1. The van der Waals surface area contributed by atoms with E-state index < -0.39 is 16.1 Å². The van der Waals surface area contributed by atoms with Gasteiger partial charge in [0.05, 0.1) is 4.90 Å². The van der Waals surface area contributed by atoms with Gasteiger partial charge in [-0.25, -0.2) is 13.4 Å². The number of hydrogen-bond donors (Lipinski definition) is 2. The van der Waals surface area contributed by atoms with Crippen LogP contribution in [0.1, 0.15) is 24.5 Å². The van der Waals surface area contributed by atoms with E-state index in [9.17, 15) is 13.2 Å². The number of sulfonamides is 1. The highest BCUT2D eigenvalue weighted by atomic mass is 32.2. The Labute approximate surface area is 182 Å². The van der Waals surface area contributed by atoms with Crippen LogP contribution in [-0.2, 0) is 14.8 Å². The minimum atomic E-state index is -3.78. The number of rotatable bonds is 8. The highest BCUT2D eigenvalue weighted by Crippen LogP contribution is 2.20. The van der Waals surface area contributed by atoms with E-state index in [1.165, 1.54) is 30.5 Å². The first kappa shape index (κ1) is 22.3. The second-order valence-corrected chi connectivity index (χ2v) is 8.78. The van der Waals surface area contributed by atoms with Gasteiger partial charge in [0, 0.05) is 11.9 Å². The molecule has 2 aromatic carbocycles. The summed E-state index contributed by atoms with van der Waals surface area (Å²) in [5.41, 5.74) is 2.71. The number of nitrogens with zero attached hydrogens (tertiary/aromatic N) is 1. The van der Waals surface area contributed by atoms with Crippen LogP contribution in [0.3, 0.4) is 0 Å². The smallest absolute Gasteiger partial charge is 0.265 e. The molecule has 162 valence electrons. The fourth-order valence-corrected chi connectivity index (χ4v) is 3.84. The molecular weight excluding hydrogens is 414 g/mol. The van der Waals surface area contributed by atoms with E-state index in [1.807, 2.05) is 39.0 Å². The Hall–Kier alpha value is -3.39. The monoisotopic (exact) mass is 439 g/mol. The van der Waals surface area contributed by atoms with Gasteiger partial charge < -0.3 is 10.1 Å². The third kappa shape index (κ3) is 5.82. The molecule has 1 amide bonds. The number of anilines is 2. The molecule has 0 saturated carbocycles. The summed E-state index contributed by atoms with van der Waals surface area (Å²) in [6.45, 7) is 5.87. The third-order valence-corrected chi connectivity index (χ3v) is 6.13. The number of benzene rings is 2. The van der Waals surface area contributed by atoms with Crippen molar-refractivity contribution >= 4 is 27.4 Å². The molecule has 1 aromatic heterocycles. The number of ether oxygens (including phenoxy) is 1. The van der Waals surface area contributed by atoms with Crippen molar-refractivity contribution in [2.45, 2.75) is 38.2 Å². The molecule has 31 heavy (non-hydrogen) atoms. The summed E-state index contributed by atoms with van der Waals surface area (Å²) in [4.78, 5) is 16.7. The molecule has 0 unspecified atom stereocenters. The first-order chi connectivity index (χ1) is 14.8. The average molecular weight is 440 g/mol. The molecular formula is C23H25N3O4S. The predicted molar refractivity (Wildman–Crippen MR) is 121 cm³/mol. The molecule has 0 aliphatic rings. The number of pyridine rings is 1. The van der Waals surface area contributed by atoms with Gasteiger partial charge in [0.15, 0.2) is 6.10 Å². The number of carbonyl (C=O) groups excluding carboxylic acids is 1. The minimum absolute atomic E-state index is 0.0644. The van der Waals surface area contributed by atoms with Crippen LogP contribution in [0.15, 0.2) is 71.8 Å². The molecule has 2 N–H and O–H groups in total. The first-order valence-corrected chi connectivity index (χ1v) is 11.4. The molecule has 0 spiro atoms. The van der Waals surface area contributed by atoms with Gasteiger partial charge in [-0.2, -0.15) is 0 Å². The molecule has 1 atom stereocenters. The van der Waals surface area contributed by atoms with E-state index in [1.54, 1.807) is 18.2 Å². The fourth-order valence-electron chi connectivity index (χ4n) is 2.83. The van der Waals surface area contributed by atoms with Crippen molar-refractivity contribution in [3.63, 3.8) is 0 Å². The van der Waals surface area contributed by atoms with Gasteiger partial charge in [0.2, 0.25) is 0 Å². The minimum Gasteiger partial charge on any atom is -0.481 e. The summed E-state index contributed by atoms with van der Waals surface area (Å²) in [6.07, 6.45) is 1.32. The molecule has 0 saturated heterocycles. The average Bonchev–Trinajstić information content (AvgIpc) is 2.75. The predicted octanol–water partition coefficient (Wildman–Crippen LogP) is 4.30. The molecule has 0 radical (unpaired) electrons. The van der Waals surface area contributed by atoms with E-state index in [2.05, 4.69) is 15.0 Å². The number of hydrogen-bond acceptors (Lipinski definition) is 5. The van der Waals surface area contributed by atoms with Crippen molar-refractivity contribution < 1.29 is 17.9 Å². The van der Waals surface area contributed by atoms with Crippen LogP contribution in [0.4, 0.5) is 11.5 Å². The summed E-state index contributed by atoms with van der Waals surface area (Å²) < 4.78 is 33.2. The topological polar surface area (TPSA) is 97.4 Å². The summed E-state index contributed by atoms with van der Waals surface area (Å²) >= 11 is 0. The maximum absolute atomic E-state index is 12.6. The highest BCUT2D eigenvalue weighted by Gasteiger charge is 2.20. The Morgan fingerprint density at radius 1 is 1.03 bits per heavy atom. The first-order valence-electron chi connectivity index (χ1n) is 9.87. The van der Waals surface area contributed by atoms with Gasteiger partial charge in [0.25, 0.3) is 15.9 Å². The van der Waals surface area contributed by atoms with Crippen molar-refractivity contribution in [1.29, 1.82) is 0 Å². The lowest BCUT2D eigenvalue weighted by atomic mass is 10.1. The number of aryl methyl sites for hydroxylation is 2. The molecule has 0 aliphatic heterocycles. The SMILES string of the molecule is CC[C@@H](Oc1ccc(C)c(C)c1)C(=O)Nc1ccc(S(=O)(=O)Nc2ccccn2)cc1. The lowest BCUT2D eigenvalue weighted by molar-refractivity contribution is -0.122. The fraction of sp³-hybridized carbons (Fsp3) is 0.217. The van der Waals surface area contributed by atoms with Crippen molar-refractivity contribution in [2.24, 2.45) is 0 Å². The van der Waals surface area contributed by atoms with Crippen LogP contribution in [0, 0.1) is 13.8 Å². The maximum Gasteiger partial charge on any atom is 0.265 e. The van der Waals surface area contributed by atoms with Crippen LogP contribution in [0.5, 0.6) is 5.75 Å². The number of carbonyl (C=O) groups is 1. The van der Waals surface area contributed by atoms with E-state index in [0.717, 1.165) is 11.1 Å². The van der Waals surface area contributed by atoms with Crippen LogP contribution < -0.4 is 14.8 Å². The number of aromatic nitrogens is 1. The van der Waals surface area contributed by atoms with Gasteiger partial charge in [-0.3, -0.25) is 9.52 Å². The van der Waals surface area contributed by atoms with Crippen molar-refractivity contribution in [3.05, 3.63) is 78.0 Å². The number of nitrogens with one attached hydrogen (secondary N) is 2. The Kier molecular flexibility index (Phi) is 6.91. The lowest BCUT2D eigenvalue weighted by Crippen LogP contribution is -2.32. The van der Waals surface area contributed by atoms with E-state index in [4.69, 9.17) is 4.74 Å². The largest absolute Gasteiger partial charge is 0.481 e. The van der Waals surface area contributed by atoms with Gasteiger partial charge >= 0.3 is 0 Å². The van der Waals surface area contributed by atoms with Crippen LogP contribution in [0.2, 0.25) is 0 Å². The molecule has 3 rings (SSSR count). The van der Waals surface area contributed by atoms with E-state index >= 15 is 0 Å². The Bertz CT molecular complexity index is 1150. The molecule has 0 bridgehead atoms. The Morgan fingerprint density at radius 2 is 1.77 bits per heavy atom. The van der Waals surface area contributed by atoms with Gasteiger partial charge in [-0.05, 0) is 79.9 Å². The summed E-state index contributed by atoms with van der Waals surface area (Å²) in [5.74, 6) is 0.559. The molecule has 0 aliphatic carbocycles. The lowest BCUT2D eigenvalue weighted by Gasteiger charge is -2.18. The van der Waals surface area contributed by atoms with Crippen LogP contribution in [0.25, 0.3) is 0 Å². The standard InChI is InChI=1S/C23H25N3O4S/c1-4-21(30-19-11-8-16(2)17(3)15-19)23(27)25-18-9-12-20(13-10-18)31(28,29)26-22-7-5-6-14-24-22/h5-15,21H,4H2,1-3H3,(H,24,26)(H,25,27)/t21-/m1/s1. The zero-order valence-electron chi connectivity index (χ0n) is 17.6. The molecule has 3 aromatic rings. The zero-order valence-corrected chi connectivity index (χ0v) is 18.4. The highest BCUT2D eigenvalue weighted by molar-refractivity contribution is 7.92. The molecule has 7 nitrogen and oxygen atoms in total. The van der Waals surface area contributed by atoms with E-state index in [0.29, 0.717) is 17.9 Å². The van der Waals surface area contributed by atoms with Crippen LogP contribution >= 0.6 is 0 Å². The van der Waals surface area contributed by atoms with Crippen LogP contribution in [-0.4, -0.2) is 25.4 Å². The summed E-state index contributed by atoms with van der Waals surface area (Å²) in [6, 6.07) is 16.6. The van der Waals surface area contributed by atoms with Crippen molar-refractivity contribution in [2.75, 3.05) is 10.0 Å². The van der Waals surface area contributed by atoms with Crippen molar-refractivity contribution in [1.82, 2.24) is 4.98 Å². The maximum atomic E-state index is 12.6. The second-order valence-electron chi connectivity index (χ2n) is 7.09. The Balaban J connectivity index is 1.66. The second kappa shape index (κ2) is 9.61. The normalized spacial score (nSPS) is 12.1. The molecule has 0 fully saturated rings. The van der Waals surface area contributed by atoms with Gasteiger partial charge in [-0.1, -0.05) is 19.1 Å². The summed E-state index contributed by atoms with van der Waals surface area (Å²) in [7, 11) is -3.78. The summed E-state index contributed by atoms with van der Waals surface area (Å²) in [5, 5.41) is 2.78. The molecule has 8 heteroatoms. The molecule has 1 heterocycles. The van der Waals surface area contributed by atoms with Gasteiger partial charge in [0.1, 0.15) is 11.6 Å². The van der Waals surface area contributed by atoms with Crippen molar-refractivity contribution in [3.8, 4) is 5.75 Å². The zero-order chi connectivity index (χ0) is 22.4. The Morgan fingerprint density at radius 3 is 2.39 bits per heavy atom. The van der Waals surface area contributed by atoms with Gasteiger partial charge in [-0.15, -0.1) is 0 Å². The quantitative estimate of drug-likeness (QED) is 0.546.